The van der Waals surface area contributed by atoms with E-state index in [1.165, 1.54) is 0 Å². The molecule has 0 spiro atoms. The molecule has 1 aliphatic rings. The number of carboxylic acids is 1. The lowest BCUT2D eigenvalue weighted by Crippen LogP contribution is -2.48. The quantitative estimate of drug-likeness (QED) is 0.138. The summed E-state index contributed by atoms with van der Waals surface area (Å²) in [6.07, 6.45) is 5.36. The molecule has 3 rings (SSSR count). The molecule has 0 bridgehead atoms. The molecule has 1 fully saturated rings. The number of hydrogen-bond acceptors (Lipinski definition) is 7. The van der Waals surface area contributed by atoms with Crippen LogP contribution >= 0.6 is 0 Å². The van der Waals surface area contributed by atoms with Gasteiger partial charge in [0.25, 0.3) is 0 Å². The van der Waals surface area contributed by atoms with Gasteiger partial charge in [-0.25, -0.2) is 0 Å². The summed E-state index contributed by atoms with van der Waals surface area (Å²) in [4.78, 5) is 67.8. The van der Waals surface area contributed by atoms with Crippen molar-refractivity contribution >= 4 is 29.4 Å². The number of nitrogens with two attached hydrogens (primary N) is 2. The highest BCUT2D eigenvalue weighted by Crippen LogP contribution is 2.26. The van der Waals surface area contributed by atoms with Gasteiger partial charge < -0.3 is 26.8 Å². The van der Waals surface area contributed by atoms with Gasteiger partial charge in [-0.05, 0) is 87.3 Å². The van der Waals surface area contributed by atoms with Gasteiger partial charge in [0.2, 0.25) is 11.8 Å². The summed E-state index contributed by atoms with van der Waals surface area (Å²) in [5.41, 5.74) is 14.0. The first kappa shape index (κ1) is 40.5. The SMILES string of the molecule is CC(C)C[C@@H](NC(=O)[C@H](CC(=O)[C@H](N)Cc1ccccc1)Cc1ccccc1)C(=O)C[C@H](CCCN)C(=O)N1CCC(CCCC(=O)O)CC1. The molecular formula is C40H58N4O6. The lowest BCUT2D eigenvalue weighted by Gasteiger charge is -2.34. The summed E-state index contributed by atoms with van der Waals surface area (Å²) >= 11 is 0. The third kappa shape index (κ3) is 14.2. The van der Waals surface area contributed by atoms with Crippen LogP contribution in [0.15, 0.2) is 60.7 Å². The molecule has 0 aromatic heterocycles. The number of likely N-dealkylation sites (tertiary alicyclic amines) is 1. The summed E-state index contributed by atoms with van der Waals surface area (Å²) in [6, 6.07) is 17.5. The maximum absolute atomic E-state index is 14.0. The van der Waals surface area contributed by atoms with Crippen molar-refractivity contribution < 1.29 is 29.1 Å². The maximum Gasteiger partial charge on any atom is 0.303 e. The van der Waals surface area contributed by atoms with E-state index in [2.05, 4.69) is 5.32 Å². The molecule has 274 valence electrons. The van der Waals surface area contributed by atoms with Gasteiger partial charge in [0.05, 0.1) is 12.1 Å². The molecule has 2 amide bonds. The van der Waals surface area contributed by atoms with Gasteiger partial charge in [-0.15, -0.1) is 0 Å². The zero-order chi connectivity index (χ0) is 36.5. The van der Waals surface area contributed by atoms with E-state index >= 15 is 0 Å². The fraction of sp³-hybridized carbons (Fsp3) is 0.575. The van der Waals surface area contributed by atoms with Crippen molar-refractivity contribution in [2.45, 2.75) is 103 Å². The minimum atomic E-state index is -0.804. The molecule has 0 unspecified atom stereocenters. The highest BCUT2D eigenvalue weighted by molar-refractivity contribution is 5.94. The number of amides is 2. The summed E-state index contributed by atoms with van der Waals surface area (Å²) in [6.45, 7) is 5.53. The summed E-state index contributed by atoms with van der Waals surface area (Å²) in [7, 11) is 0. The van der Waals surface area contributed by atoms with E-state index in [1.807, 2.05) is 79.4 Å². The monoisotopic (exact) mass is 690 g/mol. The molecule has 4 atom stereocenters. The van der Waals surface area contributed by atoms with E-state index in [0.29, 0.717) is 64.1 Å². The molecule has 10 heteroatoms. The number of Topliss-reactive ketones (excluding diaryl/α,β-unsaturated/α-hetero) is 2. The van der Waals surface area contributed by atoms with Crippen LogP contribution in [-0.2, 0) is 36.8 Å². The first-order chi connectivity index (χ1) is 24.0. The fourth-order valence-electron chi connectivity index (χ4n) is 6.87. The van der Waals surface area contributed by atoms with Crippen LogP contribution in [0, 0.1) is 23.7 Å². The van der Waals surface area contributed by atoms with Crippen molar-refractivity contribution in [1.82, 2.24) is 10.2 Å². The lowest BCUT2D eigenvalue weighted by atomic mass is 9.87. The Morgan fingerprint density at radius 2 is 1.42 bits per heavy atom. The Balaban J connectivity index is 1.70. The number of nitrogens with one attached hydrogen (secondary N) is 1. The van der Waals surface area contributed by atoms with Gasteiger partial charge in [0.1, 0.15) is 0 Å². The predicted octanol–water partition coefficient (Wildman–Crippen LogP) is 4.71. The van der Waals surface area contributed by atoms with Crippen molar-refractivity contribution in [1.29, 1.82) is 0 Å². The molecule has 2 aromatic carbocycles. The Morgan fingerprint density at radius 1 is 0.840 bits per heavy atom. The van der Waals surface area contributed by atoms with Crippen molar-refractivity contribution in [3.8, 4) is 0 Å². The Hall–Kier alpha value is -3.89. The van der Waals surface area contributed by atoms with Crippen molar-refractivity contribution in [3.63, 3.8) is 0 Å². The number of carbonyl (C=O) groups is 5. The second kappa shape index (κ2) is 21.4. The highest BCUT2D eigenvalue weighted by atomic mass is 16.4. The third-order valence-electron chi connectivity index (χ3n) is 9.75. The number of nitrogens with zero attached hydrogens (tertiary/aromatic N) is 1. The number of benzene rings is 2. The first-order valence-corrected chi connectivity index (χ1v) is 18.4. The number of aliphatic carboxylic acids is 1. The highest BCUT2D eigenvalue weighted by Gasteiger charge is 2.34. The predicted molar refractivity (Wildman–Crippen MR) is 195 cm³/mol. The van der Waals surface area contributed by atoms with Gasteiger partial charge in [-0.1, -0.05) is 74.5 Å². The molecule has 0 radical (unpaired) electrons. The molecule has 10 nitrogen and oxygen atoms in total. The minimum absolute atomic E-state index is 0.000722. The zero-order valence-corrected chi connectivity index (χ0v) is 29.9. The van der Waals surface area contributed by atoms with Crippen LogP contribution in [0.2, 0.25) is 0 Å². The van der Waals surface area contributed by atoms with Gasteiger partial charge in [0, 0.05) is 44.2 Å². The Labute approximate surface area is 297 Å². The second-order valence-electron chi connectivity index (χ2n) is 14.4. The second-order valence-corrected chi connectivity index (χ2v) is 14.4. The molecule has 1 heterocycles. The van der Waals surface area contributed by atoms with Crippen molar-refractivity contribution in [3.05, 3.63) is 71.8 Å². The Kier molecular flexibility index (Phi) is 17.3. The normalized spacial score (nSPS) is 16.0. The lowest BCUT2D eigenvalue weighted by molar-refractivity contribution is -0.140. The van der Waals surface area contributed by atoms with E-state index in [0.717, 1.165) is 30.4 Å². The standard InChI is InChI=1S/C40H58N4O6/c1-28(2)23-35(37(46)26-32(16-10-20-41)40(50)44-21-18-29(19-22-44)15-9-17-38(47)48)43-39(49)33(24-30-11-5-3-6-12-30)27-36(45)34(42)25-31-13-7-4-8-14-31/h3-8,11-14,28-29,32-35H,9-10,15-27,41-42H2,1-2H3,(H,43,49)(H,47,48)/t32-,33-,34+,35+/m0/s1. The number of rotatable bonds is 22. The molecule has 0 aliphatic carbocycles. The third-order valence-corrected chi connectivity index (χ3v) is 9.75. The molecule has 6 N–H and O–H groups in total. The summed E-state index contributed by atoms with van der Waals surface area (Å²) in [5, 5.41) is 12.0. The van der Waals surface area contributed by atoms with Crippen LogP contribution in [0.25, 0.3) is 0 Å². The molecule has 1 saturated heterocycles. The largest absolute Gasteiger partial charge is 0.481 e. The minimum Gasteiger partial charge on any atom is -0.481 e. The topological polar surface area (TPSA) is 173 Å². The number of carbonyl (C=O) groups excluding carboxylic acids is 4. The van der Waals surface area contributed by atoms with Crippen LogP contribution in [0.3, 0.4) is 0 Å². The van der Waals surface area contributed by atoms with Gasteiger partial charge >= 0.3 is 5.97 Å². The number of ketones is 2. The van der Waals surface area contributed by atoms with Crippen molar-refractivity contribution in [2.24, 2.45) is 35.1 Å². The molecule has 2 aromatic rings. The number of carboxylic acid groups (broad SMARTS) is 1. The van der Waals surface area contributed by atoms with Crippen LogP contribution in [0.4, 0.5) is 0 Å². The zero-order valence-electron chi connectivity index (χ0n) is 29.9. The van der Waals surface area contributed by atoms with Gasteiger partial charge in [-0.2, -0.15) is 0 Å². The van der Waals surface area contributed by atoms with E-state index in [9.17, 15) is 24.0 Å². The van der Waals surface area contributed by atoms with E-state index in [1.54, 1.807) is 0 Å². The van der Waals surface area contributed by atoms with E-state index in [4.69, 9.17) is 16.6 Å². The summed E-state index contributed by atoms with van der Waals surface area (Å²) < 4.78 is 0. The van der Waals surface area contributed by atoms with Crippen LogP contribution < -0.4 is 16.8 Å². The summed E-state index contributed by atoms with van der Waals surface area (Å²) in [5.74, 6) is -2.42. The smallest absolute Gasteiger partial charge is 0.303 e. The molecule has 0 saturated carbocycles. The van der Waals surface area contributed by atoms with Crippen molar-refractivity contribution in [2.75, 3.05) is 19.6 Å². The average Bonchev–Trinajstić information content (AvgIpc) is 3.09. The Morgan fingerprint density at radius 3 is 1.98 bits per heavy atom. The van der Waals surface area contributed by atoms with E-state index in [-0.39, 0.29) is 48.6 Å². The van der Waals surface area contributed by atoms with Crippen LogP contribution in [0.1, 0.15) is 89.2 Å². The van der Waals surface area contributed by atoms with Gasteiger partial charge in [0.15, 0.2) is 11.6 Å². The Bertz CT molecular complexity index is 1360. The fourth-order valence-corrected chi connectivity index (χ4v) is 6.87. The first-order valence-electron chi connectivity index (χ1n) is 18.4. The molecular weight excluding hydrogens is 632 g/mol. The average molecular weight is 691 g/mol. The number of hydrogen-bond donors (Lipinski definition) is 4. The van der Waals surface area contributed by atoms with Gasteiger partial charge in [-0.3, -0.25) is 24.0 Å². The van der Waals surface area contributed by atoms with Crippen LogP contribution in [-0.4, -0.2) is 71.1 Å². The maximum atomic E-state index is 14.0. The van der Waals surface area contributed by atoms with E-state index < -0.39 is 29.9 Å². The number of piperidine rings is 1. The molecule has 1 aliphatic heterocycles. The molecule has 50 heavy (non-hydrogen) atoms. The van der Waals surface area contributed by atoms with Crippen LogP contribution in [0.5, 0.6) is 0 Å².